The third-order valence-electron chi connectivity index (χ3n) is 2.39. The summed E-state index contributed by atoms with van der Waals surface area (Å²) in [5.74, 6) is -1.37. The van der Waals surface area contributed by atoms with Crippen LogP contribution in [0.2, 0.25) is 0 Å². The highest BCUT2D eigenvalue weighted by atomic mass is 16.4. The summed E-state index contributed by atoms with van der Waals surface area (Å²) in [6.45, 7) is 0. The SMILES string of the molecule is N#Cc1cccc(C(=O)O)c1.NC(=O)c1ccc(O)cc1. The van der Waals surface area contributed by atoms with E-state index in [2.05, 4.69) is 0 Å². The molecule has 0 aliphatic rings. The molecule has 106 valence electrons. The maximum atomic E-state index is 10.5. The predicted molar refractivity (Wildman–Crippen MR) is 74.7 cm³/mol. The zero-order chi connectivity index (χ0) is 15.8. The molecule has 0 aliphatic carbocycles. The molecule has 0 heterocycles. The van der Waals surface area contributed by atoms with Crippen LogP contribution in [-0.2, 0) is 0 Å². The van der Waals surface area contributed by atoms with Gasteiger partial charge in [-0.25, -0.2) is 4.79 Å². The Balaban J connectivity index is 0.000000211. The van der Waals surface area contributed by atoms with Crippen LogP contribution in [0.4, 0.5) is 0 Å². The molecule has 1 amide bonds. The van der Waals surface area contributed by atoms with Crippen molar-refractivity contribution in [1.29, 1.82) is 5.26 Å². The normalized spacial score (nSPS) is 8.90. The van der Waals surface area contributed by atoms with Gasteiger partial charge in [-0.3, -0.25) is 4.79 Å². The van der Waals surface area contributed by atoms with E-state index in [0.29, 0.717) is 11.1 Å². The van der Waals surface area contributed by atoms with Gasteiger partial charge in [-0.1, -0.05) is 6.07 Å². The fourth-order valence-corrected chi connectivity index (χ4v) is 1.35. The first-order valence-electron chi connectivity index (χ1n) is 5.76. The number of hydrogen-bond acceptors (Lipinski definition) is 4. The zero-order valence-electron chi connectivity index (χ0n) is 10.9. The summed E-state index contributed by atoms with van der Waals surface area (Å²) in [5, 5.41) is 25.7. The van der Waals surface area contributed by atoms with Crippen LogP contribution in [0.1, 0.15) is 26.3 Å². The van der Waals surface area contributed by atoms with Gasteiger partial charge >= 0.3 is 5.97 Å². The summed E-state index contributed by atoms with van der Waals surface area (Å²) >= 11 is 0. The Kier molecular flexibility index (Phi) is 5.47. The van der Waals surface area contributed by atoms with Crippen molar-refractivity contribution < 1.29 is 19.8 Å². The molecule has 0 atom stereocenters. The van der Waals surface area contributed by atoms with Gasteiger partial charge in [-0.2, -0.15) is 5.26 Å². The van der Waals surface area contributed by atoms with Gasteiger partial charge in [0.05, 0.1) is 17.2 Å². The van der Waals surface area contributed by atoms with Gasteiger partial charge in [0.25, 0.3) is 0 Å². The number of hydrogen-bond donors (Lipinski definition) is 3. The Hall–Kier alpha value is -3.33. The smallest absolute Gasteiger partial charge is 0.335 e. The fraction of sp³-hybridized carbons (Fsp3) is 0. The van der Waals surface area contributed by atoms with E-state index in [9.17, 15) is 9.59 Å². The molecule has 0 spiro atoms. The lowest BCUT2D eigenvalue weighted by molar-refractivity contribution is 0.0696. The second-order valence-corrected chi connectivity index (χ2v) is 3.91. The fourth-order valence-electron chi connectivity index (χ4n) is 1.35. The highest BCUT2D eigenvalue weighted by Gasteiger charge is 2.01. The van der Waals surface area contributed by atoms with Crippen LogP contribution in [0.3, 0.4) is 0 Å². The third kappa shape index (κ3) is 5.04. The van der Waals surface area contributed by atoms with Gasteiger partial charge < -0.3 is 15.9 Å². The first-order chi connectivity index (χ1) is 9.93. The van der Waals surface area contributed by atoms with Crippen LogP contribution < -0.4 is 5.73 Å². The molecular formula is C15H12N2O4. The molecule has 0 unspecified atom stereocenters. The number of carboxylic acid groups (broad SMARTS) is 1. The Morgan fingerprint density at radius 2 is 1.67 bits per heavy atom. The first-order valence-corrected chi connectivity index (χ1v) is 5.76. The number of nitrogens with zero attached hydrogens (tertiary/aromatic N) is 1. The maximum Gasteiger partial charge on any atom is 0.335 e. The summed E-state index contributed by atoms with van der Waals surface area (Å²) in [6, 6.07) is 13.5. The number of aromatic carboxylic acids is 1. The molecule has 0 radical (unpaired) electrons. The molecule has 0 aromatic heterocycles. The number of phenolic OH excluding ortho intramolecular Hbond substituents is 1. The molecule has 2 aromatic rings. The average Bonchev–Trinajstić information content (AvgIpc) is 2.48. The molecule has 0 aliphatic heterocycles. The van der Waals surface area contributed by atoms with E-state index >= 15 is 0 Å². The third-order valence-corrected chi connectivity index (χ3v) is 2.39. The number of aromatic hydroxyl groups is 1. The number of rotatable bonds is 2. The largest absolute Gasteiger partial charge is 0.508 e. The lowest BCUT2D eigenvalue weighted by Gasteiger charge is -1.93. The van der Waals surface area contributed by atoms with Crippen molar-refractivity contribution in [3.05, 3.63) is 65.2 Å². The highest BCUT2D eigenvalue weighted by molar-refractivity contribution is 5.92. The maximum absolute atomic E-state index is 10.5. The van der Waals surface area contributed by atoms with E-state index in [1.165, 1.54) is 36.4 Å². The Morgan fingerprint density at radius 1 is 1.05 bits per heavy atom. The minimum atomic E-state index is -1.01. The van der Waals surface area contributed by atoms with E-state index in [-0.39, 0.29) is 11.3 Å². The molecular weight excluding hydrogens is 272 g/mol. The number of primary amides is 1. The zero-order valence-corrected chi connectivity index (χ0v) is 10.9. The Bertz CT molecular complexity index is 688. The molecule has 21 heavy (non-hydrogen) atoms. The molecule has 6 heteroatoms. The summed E-state index contributed by atoms with van der Waals surface area (Å²) in [4.78, 5) is 20.8. The summed E-state index contributed by atoms with van der Waals surface area (Å²) in [5.41, 5.74) is 5.85. The minimum Gasteiger partial charge on any atom is -0.508 e. The van der Waals surface area contributed by atoms with Gasteiger partial charge in [0.1, 0.15) is 5.75 Å². The van der Waals surface area contributed by atoms with E-state index in [1.54, 1.807) is 12.1 Å². The molecule has 6 nitrogen and oxygen atoms in total. The Morgan fingerprint density at radius 3 is 2.14 bits per heavy atom. The van der Waals surface area contributed by atoms with E-state index < -0.39 is 11.9 Å². The van der Waals surface area contributed by atoms with Crippen LogP contribution in [0.15, 0.2) is 48.5 Å². The topological polar surface area (TPSA) is 124 Å². The van der Waals surface area contributed by atoms with Gasteiger partial charge in [0.15, 0.2) is 0 Å². The van der Waals surface area contributed by atoms with Crippen LogP contribution in [0.5, 0.6) is 5.75 Å². The first kappa shape index (κ1) is 15.7. The van der Waals surface area contributed by atoms with Crippen molar-refractivity contribution in [2.24, 2.45) is 5.73 Å². The number of phenols is 1. The Labute approximate surface area is 120 Å². The van der Waals surface area contributed by atoms with Crippen LogP contribution in [0.25, 0.3) is 0 Å². The highest BCUT2D eigenvalue weighted by Crippen LogP contribution is 2.08. The molecule has 2 aromatic carbocycles. The van der Waals surface area contributed by atoms with Crippen molar-refractivity contribution in [1.82, 2.24) is 0 Å². The monoisotopic (exact) mass is 284 g/mol. The predicted octanol–water partition coefficient (Wildman–Crippen LogP) is 1.75. The molecule has 2 rings (SSSR count). The molecule has 0 saturated carbocycles. The summed E-state index contributed by atoms with van der Waals surface area (Å²) < 4.78 is 0. The van der Waals surface area contributed by atoms with Gasteiger partial charge in [-0.15, -0.1) is 0 Å². The van der Waals surface area contributed by atoms with Crippen molar-refractivity contribution in [2.45, 2.75) is 0 Å². The summed E-state index contributed by atoms with van der Waals surface area (Å²) in [7, 11) is 0. The van der Waals surface area contributed by atoms with Gasteiger partial charge in [0.2, 0.25) is 5.91 Å². The number of carbonyl (C=O) groups is 2. The summed E-state index contributed by atoms with van der Waals surface area (Å²) in [6.07, 6.45) is 0. The van der Waals surface area contributed by atoms with Crippen LogP contribution in [0, 0.1) is 11.3 Å². The average molecular weight is 284 g/mol. The lowest BCUT2D eigenvalue weighted by Crippen LogP contribution is -2.10. The molecule has 4 N–H and O–H groups in total. The number of amides is 1. The van der Waals surface area contributed by atoms with Crippen LogP contribution >= 0.6 is 0 Å². The molecule has 0 fully saturated rings. The second-order valence-electron chi connectivity index (χ2n) is 3.91. The van der Waals surface area contributed by atoms with E-state index in [4.69, 9.17) is 21.2 Å². The lowest BCUT2D eigenvalue weighted by atomic mass is 10.1. The number of carboxylic acids is 1. The van der Waals surface area contributed by atoms with Crippen molar-refractivity contribution in [2.75, 3.05) is 0 Å². The second kappa shape index (κ2) is 7.31. The van der Waals surface area contributed by atoms with Crippen molar-refractivity contribution in [3.63, 3.8) is 0 Å². The van der Waals surface area contributed by atoms with E-state index in [0.717, 1.165) is 0 Å². The number of carbonyl (C=O) groups excluding carboxylic acids is 1. The van der Waals surface area contributed by atoms with Gasteiger partial charge in [0, 0.05) is 5.56 Å². The van der Waals surface area contributed by atoms with Crippen molar-refractivity contribution >= 4 is 11.9 Å². The number of benzene rings is 2. The minimum absolute atomic E-state index is 0.130. The number of nitriles is 1. The van der Waals surface area contributed by atoms with Crippen molar-refractivity contribution in [3.8, 4) is 11.8 Å². The van der Waals surface area contributed by atoms with Crippen LogP contribution in [-0.4, -0.2) is 22.1 Å². The van der Waals surface area contributed by atoms with Gasteiger partial charge in [-0.05, 0) is 42.5 Å². The molecule has 0 bridgehead atoms. The quantitative estimate of drug-likeness (QED) is 0.774. The molecule has 0 saturated heterocycles. The van der Waals surface area contributed by atoms with E-state index in [1.807, 2.05) is 6.07 Å². The standard InChI is InChI=1S/C8H5NO2.C7H7NO2/c9-5-6-2-1-3-7(4-6)8(10)11;8-7(10)5-1-3-6(9)4-2-5/h1-4H,(H,10,11);1-4,9H,(H2,8,10). The number of nitrogens with two attached hydrogens (primary N) is 1.